The van der Waals surface area contributed by atoms with Gasteiger partial charge in [0.15, 0.2) is 0 Å². The number of benzene rings is 1. The predicted octanol–water partition coefficient (Wildman–Crippen LogP) is 6.91. The van der Waals surface area contributed by atoms with E-state index in [9.17, 15) is 24.0 Å². The van der Waals surface area contributed by atoms with Crippen LogP contribution in [0.2, 0.25) is 0 Å². The van der Waals surface area contributed by atoms with Crippen molar-refractivity contribution in [3.63, 3.8) is 0 Å². The lowest BCUT2D eigenvalue weighted by atomic mass is 9.86. The van der Waals surface area contributed by atoms with E-state index in [-0.39, 0.29) is 57.8 Å². The second kappa shape index (κ2) is 19.3. The van der Waals surface area contributed by atoms with Crippen molar-refractivity contribution < 1.29 is 47.7 Å². The third-order valence-corrected chi connectivity index (χ3v) is 9.41. The van der Waals surface area contributed by atoms with Gasteiger partial charge in [-0.3, -0.25) is 39.2 Å². The van der Waals surface area contributed by atoms with E-state index in [1.54, 1.807) is 74.4 Å². The Kier molecular flexibility index (Phi) is 16.2. The number of carbonyl (C=O) groups is 5. The first-order valence-electron chi connectivity index (χ1n) is 21.0. The number of amides is 1. The Morgan fingerprint density at radius 2 is 0.932 bits per heavy atom. The van der Waals surface area contributed by atoms with Crippen LogP contribution in [0.4, 0.5) is 10.5 Å². The molecule has 1 amide bonds. The zero-order valence-corrected chi connectivity index (χ0v) is 38.7. The van der Waals surface area contributed by atoms with Gasteiger partial charge >= 0.3 is 30.0 Å². The fourth-order valence-corrected chi connectivity index (χ4v) is 7.79. The molecule has 1 aromatic rings. The summed E-state index contributed by atoms with van der Waals surface area (Å²) < 4.78 is 29.0. The first kappa shape index (κ1) is 49.6. The zero-order chi connectivity index (χ0) is 44.8. The van der Waals surface area contributed by atoms with E-state index in [4.69, 9.17) is 23.7 Å². The molecule has 2 aliphatic rings. The summed E-state index contributed by atoms with van der Waals surface area (Å²) in [6, 6.07) is 6.97. The Balaban J connectivity index is 2.30. The van der Waals surface area contributed by atoms with E-state index in [2.05, 4.69) is 15.1 Å². The van der Waals surface area contributed by atoms with E-state index < -0.39 is 63.5 Å². The van der Waals surface area contributed by atoms with Crippen LogP contribution in [0.1, 0.15) is 135 Å². The van der Waals surface area contributed by atoms with Gasteiger partial charge in [0.25, 0.3) is 0 Å². The van der Waals surface area contributed by atoms with Gasteiger partial charge in [-0.15, -0.1) is 0 Å². The molecule has 2 fully saturated rings. The van der Waals surface area contributed by atoms with Crippen molar-refractivity contribution in [2.24, 2.45) is 0 Å². The minimum atomic E-state index is -1.12. The van der Waals surface area contributed by atoms with Crippen molar-refractivity contribution in [2.75, 3.05) is 44.6 Å². The largest absolute Gasteiger partial charge is 0.459 e. The third kappa shape index (κ3) is 17.8. The molecule has 1 aliphatic heterocycles. The lowest BCUT2D eigenvalue weighted by Gasteiger charge is -2.46. The van der Waals surface area contributed by atoms with Gasteiger partial charge in [-0.05, 0) is 141 Å². The van der Waals surface area contributed by atoms with Crippen molar-refractivity contribution in [3.05, 3.63) is 29.8 Å². The summed E-state index contributed by atoms with van der Waals surface area (Å²) in [5.74, 6) is -1.90. The fourth-order valence-electron chi connectivity index (χ4n) is 7.79. The Hall–Kier alpha value is -3.75. The number of rotatable bonds is 12. The van der Waals surface area contributed by atoms with Crippen LogP contribution in [-0.4, -0.2) is 130 Å². The van der Waals surface area contributed by atoms with Gasteiger partial charge in [-0.1, -0.05) is 25.0 Å². The molecule has 1 heterocycles. The summed E-state index contributed by atoms with van der Waals surface area (Å²) in [5, 5.41) is 2.78. The first-order chi connectivity index (χ1) is 26.8. The van der Waals surface area contributed by atoms with Gasteiger partial charge in [-0.25, -0.2) is 4.79 Å². The molecule has 0 spiro atoms. The van der Waals surface area contributed by atoms with Crippen LogP contribution in [0.5, 0.6) is 0 Å². The van der Waals surface area contributed by atoms with E-state index >= 15 is 0 Å². The molecule has 334 valence electrons. The monoisotopic (exact) mass is 831 g/mol. The number of ether oxygens (including phenoxy) is 5. The first-order valence-corrected chi connectivity index (χ1v) is 21.0. The average Bonchev–Trinajstić information content (AvgIpc) is 3.12. The van der Waals surface area contributed by atoms with Crippen LogP contribution in [0, 0.1) is 0 Å². The molecule has 2 atom stereocenters. The molecule has 1 saturated carbocycles. The van der Waals surface area contributed by atoms with Crippen molar-refractivity contribution in [3.8, 4) is 0 Å². The lowest BCUT2D eigenvalue weighted by Crippen LogP contribution is -2.64. The Bertz CT molecular complexity index is 1530. The highest BCUT2D eigenvalue weighted by Gasteiger charge is 2.50. The second-order valence-corrected chi connectivity index (χ2v) is 21.2. The SMILES string of the molecule is CC(C)(C)OC(=O)CN1CC(Cc2ccc(NC(=O)OC(C)(C)C)cc2)(N(CC(=O)OC(C)(C)C)CC(=O)OC(C)(C)C)CN(CC(=O)OC(C)(C)C)[C@@H]2CCCC[C@H]21. The number of anilines is 1. The summed E-state index contributed by atoms with van der Waals surface area (Å²) >= 11 is 0. The summed E-state index contributed by atoms with van der Waals surface area (Å²) in [6.45, 7) is 26.8. The number of fused-ring (bicyclic) bond motifs is 1. The molecule has 59 heavy (non-hydrogen) atoms. The maximum absolute atomic E-state index is 13.9. The molecule has 0 aromatic heterocycles. The van der Waals surface area contributed by atoms with Crippen LogP contribution < -0.4 is 5.32 Å². The Labute approximate surface area is 353 Å². The standard InChI is InChI=1S/C45H74N4O10/c1-40(2,3)55-35(50)25-47-29-45(24-31-20-22-32(23-21-31)46-39(54)59-44(13,14)15,49(27-37(52)57-42(7,8)9)28-38(53)58-43(10,11)12)30-48(26-36(51)56-41(4,5)6)34-19-17-16-18-33(34)47/h20-23,33-34H,16-19,24-30H2,1-15H3,(H,46,54)/t33-,34-/m1/s1. The van der Waals surface area contributed by atoms with E-state index in [1.807, 2.05) is 58.6 Å². The minimum absolute atomic E-state index is 0.0497. The minimum Gasteiger partial charge on any atom is -0.459 e. The number of hydrogen-bond acceptors (Lipinski definition) is 13. The number of carbonyl (C=O) groups excluding carboxylic acids is 5. The van der Waals surface area contributed by atoms with Gasteiger partial charge in [0, 0.05) is 30.9 Å². The topological polar surface area (TPSA) is 153 Å². The highest BCUT2D eigenvalue weighted by molar-refractivity contribution is 5.84. The molecule has 0 bridgehead atoms. The average molecular weight is 831 g/mol. The van der Waals surface area contributed by atoms with Crippen LogP contribution in [0.15, 0.2) is 24.3 Å². The Morgan fingerprint density at radius 3 is 1.29 bits per heavy atom. The maximum atomic E-state index is 13.9. The van der Waals surface area contributed by atoms with Gasteiger partial charge < -0.3 is 23.7 Å². The summed E-state index contributed by atoms with van der Waals surface area (Å²) in [5.41, 5.74) is -3.57. The van der Waals surface area contributed by atoms with Gasteiger partial charge in [-0.2, -0.15) is 0 Å². The van der Waals surface area contributed by atoms with Crippen LogP contribution in [0.25, 0.3) is 0 Å². The highest BCUT2D eigenvalue weighted by Crippen LogP contribution is 2.37. The van der Waals surface area contributed by atoms with E-state index in [1.165, 1.54) is 0 Å². The second-order valence-electron chi connectivity index (χ2n) is 21.2. The molecule has 14 heteroatoms. The molecular weight excluding hydrogens is 757 g/mol. The van der Waals surface area contributed by atoms with Crippen molar-refractivity contribution in [2.45, 2.75) is 182 Å². The lowest BCUT2D eigenvalue weighted by molar-refractivity contribution is -0.166. The molecule has 1 aliphatic carbocycles. The third-order valence-electron chi connectivity index (χ3n) is 9.41. The summed E-state index contributed by atoms with van der Waals surface area (Å²) in [7, 11) is 0. The van der Waals surface area contributed by atoms with Crippen molar-refractivity contribution in [1.82, 2.24) is 14.7 Å². The summed E-state index contributed by atoms with van der Waals surface area (Å²) in [4.78, 5) is 74.2. The molecule has 0 unspecified atom stereocenters. The zero-order valence-electron chi connectivity index (χ0n) is 38.7. The van der Waals surface area contributed by atoms with Crippen molar-refractivity contribution in [1.29, 1.82) is 0 Å². The van der Waals surface area contributed by atoms with Gasteiger partial charge in [0.1, 0.15) is 28.0 Å². The molecule has 14 nitrogen and oxygen atoms in total. The van der Waals surface area contributed by atoms with Gasteiger partial charge in [0.05, 0.1) is 31.7 Å². The van der Waals surface area contributed by atoms with E-state index in [0.29, 0.717) is 5.69 Å². The molecule has 1 N–H and O–H groups in total. The molecule has 1 saturated heterocycles. The number of nitrogens with one attached hydrogen (secondary N) is 1. The van der Waals surface area contributed by atoms with Crippen LogP contribution in [-0.2, 0) is 49.3 Å². The van der Waals surface area contributed by atoms with E-state index in [0.717, 1.165) is 31.2 Å². The smallest absolute Gasteiger partial charge is 0.412 e. The number of hydrogen-bond donors (Lipinski definition) is 1. The van der Waals surface area contributed by atoms with Gasteiger partial charge in [0.2, 0.25) is 0 Å². The molecule has 1 aromatic carbocycles. The molecule has 0 radical (unpaired) electrons. The Morgan fingerprint density at radius 1 is 0.576 bits per heavy atom. The molecular formula is C45H74N4O10. The summed E-state index contributed by atoms with van der Waals surface area (Å²) in [6.07, 6.45) is 3.04. The van der Waals surface area contributed by atoms with Crippen LogP contribution >= 0.6 is 0 Å². The predicted molar refractivity (Wildman–Crippen MR) is 227 cm³/mol. The quantitative estimate of drug-likeness (QED) is 0.172. The highest BCUT2D eigenvalue weighted by atomic mass is 16.6. The molecule has 3 rings (SSSR count). The maximum Gasteiger partial charge on any atom is 0.412 e. The normalized spacial score (nSPS) is 19.5. The number of esters is 4. The van der Waals surface area contributed by atoms with Crippen LogP contribution in [0.3, 0.4) is 0 Å². The fraction of sp³-hybridized carbons (Fsp3) is 0.756. The van der Waals surface area contributed by atoms with Crippen molar-refractivity contribution >= 4 is 35.7 Å². The number of nitrogens with zero attached hydrogens (tertiary/aromatic N) is 3.